The van der Waals surface area contributed by atoms with Crippen LogP contribution >= 0.6 is 44.2 Å². The van der Waals surface area contributed by atoms with Gasteiger partial charge in [-0.2, -0.15) is 0 Å². The van der Waals surface area contributed by atoms with Crippen LogP contribution in [0.25, 0.3) is 0 Å². The predicted octanol–water partition coefficient (Wildman–Crippen LogP) is 14.0. The lowest BCUT2D eigenvalue weighted by Gasteiger charge is -2.20. The van der Waals surface area contributed by atoms with Crippen LogP contribution in [0.2, 0.25) is 0 Å². The fraction of sp³-hybridized carbons (Fsp3) is 0.217. The van der Waals surface area contributed by atoms with Gasteiger partial charge in [-0.25, -0.2) is 0 Å². The summed E-state index contributed by atoms with van der Waals surface area (Å²) in [7, 11) is 0. The molecule has 0 saturated carbocycles. The highest BCUT2D eigenvalue weighted by atomic mass is 80.9. The molecule has 0 radical (unpaired) electrons. The molecule has 0 aliphatic carbocycles. The number of halogens is 3. The summed E-state index contributed by atoms with van der Waals surface area (Å²) in [5.74, 6) is 3.68. The Morgan fingerprint density at radius 1 is 0.377 bits per heavy atom. The zero-order valence-corrected chi connectivity index (χ0v) is 36.0. The number of benzene rings is 6. The SMILES string of the molecule is BrBr.Cc1c(C)c(OCc2ccccc2)c(Br)c(C)c1OCc1ccccc1.Cc1cc(OCc2ccccc2)c(C)c(C)c1OCc1ccccc1. The quantitative estimate of drug-likeness (QED) is 0.123. The van der Waals surface area contributed by atoms with Gasteiger partial charge in [0.15, 0.2) is 0 Å². The summed E-state index contributed by atoms with van der Waals surface area (Å²) in [5.41, 5.74) is 11.3. The number of rotatable bonds is 12. The first-order valence-electron chi connectivity index (χ1n) is 17.4. The second-order valence-corrected chi connectivity index (χ2v) is 13.5. The summed E-state index contributed by atoms with van der Waals surface area (Å²) in [6.07, 6.45) is 0. The van der Waals surface area contributed by atoms with E-state index in [1.165, 1.54) is 11.1 Å². The first kappa shape index (κ1) is 41.7. The van der Waals surface area contributed by atoms with Gasteiger partial charge in [-0.1, -0.05) is 121 Å². The van der Waals surface area contributed by atoms with Crippen LogP contribution in [0.3, 0.4) is 0 Å². The van der Waals surface area contributed by atoms with E-state index < -0.39 is 0 Å². The Morgan fingerprint density at radius 3 is 1.11 bits per heavy atom. The Hall–Kier alpha value is -4.04. The largest absolute Gasteiger partial charge is 0.489 e. The van der Waals surface area contributed by atoms with E-state index in [1.807, 2.05) is 72.8 Å². The summed E-state index contributed by atoms with van der Waals surface area (Å²) in [6.45, 7) is 14.7. The van der Waals surface area contributed by atoms with Gasteiger partial charge in [0.2, 0.25) is 0 Å². The van der Waals surface area contributed by atoms with E-state index >= 15 is 0 Å². The number of hydrogen-bond acceptors (Lipinski definition) is 4. The summed E-state index contributed by atoms with van der Waals surface area (Å²) >= 11 is 9.21. The third-order valence-corrected chi connectivity index (χ3v) is 9.96. The molecule has 0 unspecified atom stereocenters. The van der Waals surface area contributed by atoms with E-state index in [9.17, 15) is 0 Å². The van der Waals surface area contributed by atoms with Gasteiger partial charge in [0.05, 0.1) is 4.47 Å². The standard InChI is InChI=1S/C23H23BrO2.C23H24O2.Br2/c1-16-17(2)23(26-15-20-12-8-5-9-13-20)21(24)18(3)22(16)25-14-19-10-6-4-7-11-19;1-17-14-22(24-15-20-10-6-4-7-11-20)18(2)19(3)23(17)25-16-21-12-8-5-9-13-21;1-2/h4-13H,14-15H2,1-3H3;4-14H,15-16H2,1-3H3;. The summed E-state index contributed by atoms with van der Waals surface area (Å²) in [4.78, 5) is 0. The van der Waals surface area contributed by atoms with Crippen LogP contribution in [-0.4, -0.2) is 0 Å². The first-order valence-corrected chi connectivity index (χ1v) is 21.9. The summed E-state index contributed by atoms with van der Waals surface area (Å²) < 4.78 is 25.4. The number of ether oxygens (including phenoxy) is 4. The molecule has 53 heavy (non-hydrogen) atoms. The smallest absolute Gasteiger partial charge is 0.137 e. The Balaban J connectivity index is 0.000000226. The molecule has 0 aliphatic heterocycles. The molecule has 4 nitrogen and oxygen atoms in total. The molecule has 0 bridgehead atoms. The lowest BCUT2D eigenvalue weighted by Crippen LogP contribution is -2.04. The van der Waals surface area contributed by atoms with E-state index in [4.69, 9.17) is 18.9 Å². The van der Waals surface area contributed by atoms with Crippen molar-refractivity contribution in [1.82, 2.24) is 0 Å². The average Bonchev–Trinajstić information content (AvgIpc) is 3.20. The maximum absolute atomic E-state index is 6.15. The van der Waals surface area contributed by atoms with E-state index in [1.54, 1.807) is 0 Å². The van der Waals surface area contributed by atoms with Crippen molar-refractivity contribution in [3.8, 4) is 23.0 Å². The third kappa shape index (κ3) is 12.0. The average molecular weight is 904 g/mol. The minimum atomic E-state index is 0.545. The van der Waals surface area contributed by atoms with Gasteiger partial charge in [-0.3, -0.25) is 0 Å². The van der Waals surface area contributed by atoms with E-state index in [0.29, 0.717) is 26.4 Å². The van der Waals surface area contributed by atoms with Gasteiger partial charge in [0, 0.05) is 33.8 Å². The van der Waals surface area contributed by atoms with Crippen molar-refractivity contribution in [3.05, 3.63) is 188 Å². The molecular weight excluding hydrogens is 856 g/mol. The van der Waals surface area contributed by atoms with Crippen LogP contribution in [0.15, 0.2) is 132 Å². The fourth-order valence-electron chi connectivity index (χ4n) is 5.76. The molecule has 0 atom stereocenters. The van der Waals surface area contributed by atoms with Crippen LogP contribution in [0.4, 0.5) is 0 Å². The highest BCUT2D eigenvalue weighted by Crippen LogP contribution is 2.42. The first-order chi connectivity index (χ1) is 25.7. The van der Waals surface area contributed by atoms with Gasteiger partial charge in [0.1, 0.15) is 49.4 Å². The Labute approximate surface area is 339 Å². The molecule has 276 valence electrons. The molecule has 0 fully saturated rings. The fourth-order valence-corrected chi connectivity index (χ4v) is 6.35. The predicted molar refractivity (Wildman–Crippen MR) is 230 cm³/mol. The van der Waals surface area contributed by atoms with Crippen LogP contribution in [-0.2, 0) is 26.4 Å². The van der Waals surface area contributed by atoms with Crippen LogP contribution in [0, 0.1) is 41.5 Å². The molecule has 6 aromatic rings. The Kier molecular flexibility index (Phi) is 17.0. The highest BCUT2D eigenvalue weighted by Gasteiger charge is 2.19. The number of aryl methyl sites for hydroxylation is 1. The van der Waals surface area contributed by atoms with Gasteiger partial charge in [-0.15, -0.1) is 0 Å². The molecule has 0 heterocycles. The Bertz CT molecular complexity index is 1900. The Morgan fingerprint density at radius 2 is 0.698 bits per heavy atom. The van der Waals surface area contributed by atoms with Crippen molar-refractivity contribution in [3.63, 3.8) is 0 Å². The lowest BCUT2D eigenvalue weighted by atomic mass is 10.0. The summed E-state index contributed by atoms with van der Waals surface area (Å²) in [6, 6.07) is 43.0. The molecule has 6 aromatic carbocycles. The lowest BCUT2D eigenvalue weighted by molar-refractivity contribution is 0.290. The molecule has 0 amide bonds. The molecule has 0 aromatic heterocycles. The molecule has 0 spiro atoms. The molecule has 0 saturated heterocycles. The van der Waals surface area contributed by atoms with Gasteiger partial charge in [0.25, 0.3) is 0 Å². The molecule has 7 heteroatoms. The van der Waals surface area contributed by atoms with E-state index in [-0.39, 0.29) is 0 Å². The van der Waals surface area contributed by atoms with Crippen molar-refractivity contribution >= 4 is 44.2 Å². The van der Waals surface area contributed by atoms with Crippen molar-refractivity contribution < 1.29 is 18.9 Å². The zero-order valence-electron chi connectivity index (χ0n) is 31.2. The monoisotopic (exact) mass is 900 g/mol. The van der Waals surface area contributed by atoms with Crippen LogP contribution < -0.4 is 18.9 Å². The second kappa shape index (κ2) is 21.6. The molecule has 0 N–H and O–H groups in total. The van der Waals surface area contributed by atoms with Gasteiger partial charge < -0.3 is 18.9 Å². The minimum Gasteiger partial charge on any atom is -0.489 e. The maximum atomic E-state index is 6.15. The van der Waals surface area contributed by atoms with Crippen LogP contribution in [0.1, 0.15) is 55.6 Å². The van der Waals surface area contributed by atoms with Crippen molar-refractivity contribution in [2.24, 2.45) is 0 Å². The van der Waals surface area contributed by atoms with Gasteiger partial charge in [-0.05, 0) is 114 Å². The minimum absolute atomic E-state index is 0.545. The summed E-state index contributed by atoms with van der Waals surface area (Å²) in [5, 5.41) is 0. The van der Waals surface area contributed by atoms with E-state index in [2.05, 4.69) is 140 Å². The van der Waals surface area contributed by atoms with Crippen LogP contribution in [0.5, 0.6) is 23.0 Å². The number of hydrogen-bond donors (Lipinski definition) is 0. The topological polar surface area (TPSA) is 36.9 Å². The maximum Gasteiger partial charge on any atom is 0.137 e. The van der Waals surface area contributed by atoms with Crippen molar-refractivity contribution in [2.75, 3.05) is 0 Å². The van der Waals surface area contributed by atoms with Crippen molar-refractivity contribution in [1.29, 1.82) is 0 Å². The molecule has 6 rings (SSSR count). The van der Waals surface area contributed by atoms with Gasteiger partial charge >= 0.3 is 0 Å². The van der Waals surface area contributed by atoms with Crippen molar-refractivity contribution in [2.45, 2.75) is 68.0 Å². The highest BCUT2D eigenvalue weighted by molar-refractivity contribution is 9.93. The van der Waals surface area contributed by atoms with E-state index in [0.717, 1.165) is 72.0 Å². The molecular formula is C46H47Br3O4. The second-order valence-electron chi connectivity index (χ2n) is 12.7. The third-order valence-electron chi connectivity index (χ3n) is 9.01. The normalized spacial score (nSPS) is 10.3. The zero-order chi connectivity index (χ0) is 38.2. The molecule has 0 aliphatic rings.